The normalized spacial score (nSPS) is 11.2. The molecule has 0 spiro atoms. The monoisotopic (exact) mass is 1090 g/mol. The van der Waals surface area contributed by atoms with Crippen LogP contribution in [0.4, 0.5) is 0 Å². The largest absolute Gasteiger partial charge is 0.496 e. The van der Waals surface area contributed by atoms with E-state index < -0.39 is 0 Å². The molecule has 81 heavy (non-hydrogen) atoms. The third kappa shape index (κ3) is 12.6. The zero-order valence-electron chi connectivity index (χ0n) is 52.8. The van der Waals surface area contributed by atoms with Gasteiger partial charge in [-0.2, -0.15) is 0 Å². The summed E-state index contributed by atoms with van der Waals surface area (Å²) in [4.78, 5) is 0. The van der Waals surface area contributed by atoms with Crippen LogP contribution in [-0.2, 0) is 5.41 Å². The number of aryl methyl sites for hydroxylation is 14. The van der Waals surface area contributed by atoms with Crippen molar-refractivity contribution in [2.45, 2.75) is 144 Å². The fourth-order valence-electron chi connectivity index (χ4n) is 11.7. The molecule has 0 aromatic heterocycles. The molecule has 0 bridgehead atoms. The van der Waals surface area contributed by atoms with Crippen molar-refractivity contribution >= 4 is 0 Å². The van der Waals surface area contributed by atoms with Crippen LogP contribution in [0.1, 0.15) is 125 Å². The molecule has 8 heteroatoms. The molecule has 0 amide bonds. The third-order valence-corrected chi connectivity index (χ3v) is 16.1. The molecule has 426 valence electrons. The lowest BCUT2D eigenvalue weighted by Crippen LogP contribution is -2.20. The Kier molecular flexibility index (Phi) is 18.4. The summed E-state index contributed by atoms with van der Waals surface area (Å²) in [6, 6.07) is 29.8. The van der Waals surface area contributed by atoms with Gasteiger partial charge in [-0.3, -0.25) is 0 Å². The lowest BCUT2D eigenvalue weighted by atomic mass is 9.76. The molecule has 8 rings (SSSR count). The van der Waals surface area contributed by atoms with Crippen LogP contribution in [0.25, 0.3) is 11.1 Å². The fraction of sp³-hybridized carbons (Fsp3) is 0.342. The summed E-state index contributed by atoms with van der Waals surface area (Å²) < 4.78 is 48.0. The molecule has 0 fully saturated rings. The van der Waals surface area contributed by atoms with Crippen molar-refractivity contribution in [2.24, 2.45) is 0 Å². The van der Waals surface area contributed by atoms with Gasteiger partial charge in [0.25, 0.3) is 0 Å². The number of methoxy groups -OCH3 is 4. The first-order valence-electron chi connectivity index (χ1n) is 27.9. The van der Waals surface area contributed by atoms with Crippen LogP contribution in [0.15, 0.2) is 84.9 Å². The number of hydrogen-bond acceptors (Lipinski definition) is 8. The van der Waals surface area contributed by atoms with Gasteiger partial charge in [-0.25, -0.2) is 0 Å². The predicted octanol–water partition coefficient (Wildman–Crippen LogP) is 20.1. The Morgan fingerprint density at radius 3 is 0.617 bits per heavy atom. The van der Waals surface area contributed by atoms with E-state index in [1.807, 2.05) is 104 Å². The van der Waals surface area contributed by atoms with E-state index in [0.29, 0.717) is 0 Å². The highest BCUT2D eigenvalue weighted by molar-refractivity contribution is 5.77. The molecular formula is C73H86O8. The zero-order valence-corrected chi connectivity index (χ0v) is 52.8. The van der Waals surface area contributed by atoms with E-state index in [1.54, 1.807) is 28.4 Å². The quantitative estimate of drug-likeness (QED) is 0.101. The summed E-state index contributed by atoms with van der Waals surface area (Å²) in [6.45, 7) is 42.3. The lowest BCUT2D eigenvalue weighted by Gasteiger charge is -2.29. The van der Waals surface area contributed by atoms with Gasteiger partial charge < -0.3 is 37.9 Å². The van der Waals surface area contributed by atoms with Crippen LogP contribution < -0.4 is 37.9 Å². The predicted molar refractivity (Wildman–Crippen MR) is 334 cm³/mol. The van der Waals surface area contributed by atoms with E-state index in [1.165, 1.54) is 33.4 Å². The van der Waals surface area contributed by atoms with Crippen LogP contribution in [-0.4, -0.2) is 28.4 Å². The minimum atomic E-state index is -0.220. The summed E-state index contributed by atoms with van der Waals surface area (Å²) in [5.41, 5.74) is 24.5. The Balaban J connectivity index is 0.000000234. The molecule has 0 saturated carbocycles. The Labute approximate surface area is 484 Å². The molecule has 8 aromatic carbocycles. The summed E-state index contributed by atoms with van der Waals surface area (Å²) in [7, 11) is 6.82. The average molecular weight is 1090 g/mol. The van der Waals surface area contributed by atoms with Crippen molar-refractivity contribution in [1.29, 1.82) is 0 Å². The van der Waals surface area contributed by atoms with Crippen LogP contribution >= 0.6 is 0 Å². The molecule has 0 aliphatic rings. The molecule has 0 aliphatic heterocycles. The van der Waals surface area contributed by atoms with Crippen LogP contribution in [0.2, 0.25) is 0 Å². The average Bonchev–Trinajstić information content (AvgIpc) is 3.38. The highest BCUT2D eigenvalue weighted by Crippen LogP contribution is 2.45. The van der Waals surface area contributed by atoms with Gasteiger partial charge in [0.2, 0.25) is 0 Å². The topological polar surface area (TPSA) is 73.8 Å². The SMILES string of the molecule is COc1c(C)cc(Oc2c(C)cc(-c3cc(C)c(Oc4cc(C)c(OC)c(C)c4)c(C)c3C)c(C)c2C)cc1C.COc1c(C)cc(Oc2c(C)cc(C(C)(C)c3cc(C)c(Oc4cc(C)c(OC)c(C)c4)c(C)c3)cc2C)cc1C. The van der Waals surface area contributed by atoms with E-state index in [2.05, 4.69) is 119 Å². The van der Waals surface area contributed by atoms with Crippen LogP contribution in [0.3, 0.4) is 0 Å². The van der Waals surface area contributed by atoms with Crippen molar-refractivity contribution in [2.75, 3.05) is 28.4 Å². The molecule has 0 aliphatic carbocycles. The fourth-order valence-corrected chi connectivity index (χ4v) is 11.7. The summed E-state index contributed by atoms with van der Waals surface area (Å²) in [5.74, 6) is 10.5. The molecule has 8 nitrogen and oxygen atoms in total. The standard InChI is InChI=1S/C37H44O4.C36H42O4/c1-21-13-29(14-22(2)35(21)40-31-17-25(5)33(38-11)26(6)18-31)37(9,10)30-15-23(3)36(24(4)16-30)41-32-19-27(7)34(39-12)28(8)20-32;1-19-13-29(14-20(2)33(19)37-11)39-35-23(5)17-31(25(7)27(35)9)32-18-24(6)36(28(10)26(32)8)40-30-15-21(3)34(38-12)22(4)16-30/h13-20H,1-12H3;13-18H,1-12H3. The van der Waals surface area contributed by atoms with E-state index in [0.717, 1.165) is 158 Å². The maximum absolute atomic E-state index is 6.49. The smallest absolute Gasteiger partial charge is 0.133 e. The van der Waals surface area contributed by atoms with Gasteiger partial charge in [0.05, 0.1) is 28.4 Å². The maximum Gasteiger partial charge on any atom is 0.133 e. The Hall–Kier alpha value is -7.84. The summed E-state index contributed by atoms with van der Waals surface area (Å²) in [5, 5.41) is 0. The molecule has 0 atom stereocenters. The molecule has 8 aromatic rings. The lowest BCUT2D eigenvalue weighted by molar-refractivity contribution is 0.406. The van der Waals surface area contributed by atoms with Gasteiger partial charge in [-0.1, -0.05) is 38.1 Å². The second kappa shape index (κ2) is 24.5. The molecule has 0 heterocycles. The number of benzene rings is 8. The molecule has 0 saturated heterocycles. The van der Waals surface area contributed by atoms with Crippen molar-refractivity contribution in [3.63, 3.8) is 0 Å². The van der Waals surface area contributed by atoms with E-state index in [4.69, 9.17) is 37.9 Å². The van der Waals surface area contributed by atoms with Crippen LogP contribution in [0.5, 0.6) is 69.0 Å². The Bertz CT molecular complexity index is 3330. The number of hydrogen-bond donors (Lipinski definition) is 0. The highest BCUT2D eigenvalue weighted by atomic mass is 16.5. The van der Waals surface area contributed by atoms with Crippen molar-refractivity contribution in [3.8, 4) is 80.1 Å². The van der Waals surface area contributed by atoms with Gasteiger partial charge in [0, 0.05) is 5.41 Å². The van der Waals surface area contributed by atoms with E-state index >= 15 is 0 Å². The van der Waals surface area contributed by atoms with Gasteiger partial charge in [0.1, 0.15) is 69.0 Å². The summed E-state index contributed by atoms with van der Waals surface area (Å²) in [6.07, 6.45) is 0. The first kappa shape index (κ1) is 60.8. The van der Waals surface area contributed by atoms with E-state index in [-0.39, 0.29) is 5.41 Å². The van der Waals surface area contributed by atoms with Gasteiger partial charge in [0.15, 0.2) is 0 Å². The Morgan fingerprint density at radius 2 is 0.407 bits per heavy atom. The molecular weight excluding hydrogens is 1000 g/mol. The zero-order chi connectivity index (χ0) is 59.7. The first-order valence-corrected chi connectivity index (χ1v) is 27.9. The number of rotatable bonds is 15. The van der Waals surface area contributed by atoms with Crippen molar-refractivity contribution in [1.82, 2.24) is 0 Å². The molecule has 0 unspecified atom stereocenters. The second-order valence-corrected chi connectivity index (χ2v) is 22.9. The van der Waals surface area contributed by atoms with Gasteiger partial charge >= 0.3 is 0 Å². The minimum Gasteiger partial charge on any atom is -0.496 e. The van der Waals surface area contributed by atoms with Crippen molar-refractivity contribution in [3.05, 3.63) is 196 Å². The third-order valence-electron chi connectivity index (χ3n) is 16.1. The summed E-state index contributed by atoms with van der Waals surface area (Å²) >= 11 is 0. The van der Waals surface area contributed by atoms with Crippen molar-refractivity contribution < 1.29 is 37.9 Å². The minimum absolute atomic E-state index is 0.220. The number of ether oxygens (including phenoxy) is 8. The maximum atomic E-state index is 6.49. The van der Waals surface area contributed by atoms with E-state index in [9.17, 15) is 0 Å². The highest BCUT2D eigenvalue weighted by Gasteiger charge is 2.27. The van der Waals surface area contributed by atoms with Gasteiger partial charge in [-0.05, 0) is 308 Å². The second-order valence-electron chi connectivity index (χ2n) is 22.9. The van der Waals surface area contributed by atoms with Crippen LogP contribution in [0, 0.1) is 125 Å². The molecule has 0 radical (unpaired) electrons. The molecule has 0 N–H and O–H groups in total. The first-order chi connectivity index (χ1) is 38.1. The Morgan fingerprint density at radius 1 is 0.222 bits per heavy atom. The van der Waals surface area contributed by atoms with Gasteiger partial charge in [-0.15, -0.1) is 0 Å².